The fraction of sp³-hybridized carbons (Fsp3) is 0.263. The third kappa shape index (κ3) is 5.24. The summed E-state index contributed by atoms with van der Waals surface area (Å²) in [6.45, 7) is 3.80. The van der Waals surface area contributed by atoms with Crippen molar-refractivity contribution in [3.8, 4) is 11.5 Å². The zero-order chi connectivity index (χ0) is 18.2. The third-order valence-electron chi connectivity index (χ3n) is 3.62. The molecule has 0 aliphatic rings. The average molecular weight is 341 g/mol. The molecular formula is C19H23N3O3. The van der Waals surface area contributed by atoms with Gasteiger partial charge >= 0.3 is 0 Å². The SMILES string of the molecule is COc1ccc(C=NNC(=O)C(C)Nc2ccc(C)cc2)cc1OC. The van der Waals surface area contributed by atoms with Crippen LogP contribution in [0.2, 0.25) is 0 Å². The van der Waals surface area contributed by atoms with E-state index < -0.39 is 6.04 Å². The lowest BCUT2D eigenvalue weighted by molar-refractivity contribution is -0.121. The number of amides is 1. The molecule has 0 aliphatic carbocycles. The van der Waals surface area contributed by atoms with Gasteiger partial charge < -0.3 is 14.8 Å². The number of rotatable bonds is 7. The second kappa shape index (κ2) is 8.73. The lowest BCUT2D eigenvalue weighted by atomic mass is 10.2. The first-order chi connectivity index (χ1) is 12.0. The molecule has 25 heavy (non-hydrogen) atoms. The molecule has 0 aromatic heterocycles. The summed E-state index contributed by atoms with van der Waals surface area (Å²) in [6, 6.07) is 12.8. The van der Waals surface area contributed by atoms with Gasteiger partial charge in [-0.05, 0) is 49.7 Å². The Morgan fingerprint density at radius 3 is 2.40 bits per heavy atom. The van der Waals surface area contributed by atoms with E-state index in [1.54, 1.807) is 39.5 Å². The van der Waals surface area contributed by atoms with Gasteiger partial charge in [0, 0.05) is 5.69 Å². The molecule has 6 nitrogen and oxygen atoms in total. The van der Waals surface area contributed by atoms with E-state index in [2.05, 4.69) is 15.8 Å². The Kier molecular flexibility index (Phi) is 6.39. The van der Waals surface area contributed by atoms with Crippen LogP contribution in [0.1, 0.15) is 18.1 Å². The van der Waals surface area contributed by atoms with E-state index in [9.17, 15) is 4.79 Å². The van der Waals surface area contributed by atoms with Crippen molar-refractivity contribution in [3.05, 3.63) is 53.6 Å². The molecule has 2 aromatic rings. The normalized spacial score (nSPS) is 11.8. The Morgan fingerprint density at radius 2 is 1.76 bits per heavy atom. The van der Waals surface area contributed by atoms with E-state index in [0.29, 0.717) is 11.5 Å². The fourth-order valence-electron chi connectivity index (χ4n) is 2.17. The van der Waals surface area contributed by atoms with E-state index >= 15 is 0 Å². The van der Waals surface area contributed by atoms with Crippen LogP contribution in [0.25, 0.3) is 0 Å². The van der Waals surface area contributed by atoms with Crippen molar-refractivity contribution >= 4 is 17.8 Å². The first kappa shape index (κ1) is 18.3. The predicted octanol–water partition coefficient (Wildman–Crippen LogP) is 2.96. The fourth-order valence-corrected chi connectivity index (χ4v) is 2.17. The van der Waals surface area contributed by atoms with E-state index in [1.165, 1.54) is 5.56 Å². The van der Waals surface area contributed by atoms with Gasteiger partial charge in [-0.1, -0.05) is 17.7 Å². The van der Waals surface area contributed by atoms with Crippen molar-refractivity contribution in [3.63, 3.8) is 0 Å². The Balaban J connectivity index is 1.92. The van der Waals surface area contributed by atoms with E-state index in [-0.39, 0.29) is 5.91 Å². The number of hydrogen-bond donors (Lipinski definition) is 2. The van der Waals surface area contributed by atoms with Crippen molar-refractivity contribution in [2.24, 2.45) is 5.10 Å². The molecule has 6 heteroatoms. The van der Waals surface area contributed by atoms with E-state index in [0.717, 1.165) is 11.3 Å². The lowest BCUT2D eigenvalue weighted by Gasteiger charge is -2.13. The number of nitrogens with one attached hydrogen (secondary N) is 2. The maximum Gasteiger partial charge on any atom is 0.262 e. The third-order valence-corrected chi connectivity index (χ3v) is 3.62. The first-order valence-corrected chi connectivity index (χ1v) is 7.91. The summed E-state index contributed by atoms with van der Waals surface area (Å²) < 4.78 is 10.4. The first-order valence-electron chi connectivity index (χ1n) is 7.91. The zero-order valence-corrected chi connectivity index (χ0v) is 14.9. The summed E-state index contributed by atoms with van der Waals surface area (Å²) in [5.74, 6) is 1.02. The molecule has 132 valence electrons. The van der Waals surface area contributed by atoms with Gasteiger partial charge in [-0.25, -0.2) is 5.43 Å². The summed E-state index contributed by atoms with van der Waals surface area (Å²) >= 11 is 0. The number of methoxy groups -OCH3 is 2. The van der Waals surface area contributed by atoms with Crippen LogP contribution in [0.4, 0.5) is 5.69 Å². The van der Waals surface area contributed by atoms with Gasteiger partial charge in [0.2, 0.25) is 0 Å². The van der Waals surface area contributed by atoms with E-state index in [1.807, 2.05) is 37.3 Å². The number of benzene rings is 2. The maximum atomic E-state index is 12.1. The maximum absolute atomic E-state index is 12.1. The smallest absolute Gasteiger partial charge is 0.262 e. The van der Waals surface area contributed by atoms with Crippen LogP contribution in [-0.2, 0) is 4.79 Å². The number of aryl methyl sites for hydroxylation is 1. The number of hydrogen-bond acceptors (Lipinski definition) is 5. The van der Waals surface area contributed by atoms with Crippen LogP contribution in [0.5, 0.6) is 11.5 Å². The van der Waals surface area contributed by atoms with Crippen molar-refractivity contribution in [2.75, 3.05) is 19.5 Å². The molecule has 0 saturated heterocycles. The number of hydrazone groups is 1. The highest BCUT2D eigenvalue weighted by Gasteiger charge is 2.11. The molecule has 2 aromatic carbocycles. The lowest BCUT2D eigenvalue weighted by Crippen LogP contribution is -2.34. The van der Waals surface area contributed by atoms with Gasteiger partial charge in [-0.15, -0.1) is 0 Å². The molecule has 0 bridgehead atoms. The summed E-state index contributed by atoms with van der Waals surface area (Å²) in [6.07, 6.45) is 1.55. The molecule has 1 amide bonds. The van der Waals surface area contributed by atoms with Crippen molar-refractivity contribution in [1.29, 1.82) is 0 Å². The number of carbonyl (C=O) groups excluding carboxylic acids is 1. The molecule has 1 atom stereocenters. The highest BCUT2D eigenvalue weighted by atomic mass is 16.5. The summed E-state index contributed by atoms with van der Waals surface area (Å²) in [5, 5.41) is 7.12. The quantitative estimate of drug-likeness (QED) is 0.600. The second-order valence-electron chi connectivity index (χ2n) is 5.58. The minimum atomic E-state index is -0.412. The molecule has 1 unspecified atom stereocenters. The van der Waals surface area contributed by atoms with Gasteiger partial charge in [0.1, 0.15) is 6.04 Å². The topological polar surface area (TPSA) is 72.0 Å². The summed E-state index contributed by atoms with van der Waals surface area (Å²) in [4.78, 5) is 12.1. The van der Waals surface area contributed by atoms with Crippen LogP contribution in [0, 0.1) is 6.92 Å². The number of anilines is 1. The summed E-state index contributed by atoms with van der Waals surface area (Å²) in [7, 11) is 3.15. The average Bonchev–Trinajstić information content (AvgIpc) is 2.63. The van der Waals surface area contributed by atoms with Gasteiger partial charge in [0.15, 0.2) is 11.5 Å². The molecule has 2 rings (SSSR count). The molecular weight excluding hydrogens is 318 g/mol. The minimum Gasteiger partial charge on any atom is -0.493 e. The molecule has 0 heterocycles. The standard InChI is InChI=1S/C19H23N3O3/c1-13-5-8-16(9-6-13)21-14(2)19(23)22-20-12-15-7-10-17(24-3)18(11-15)25-4/h5-12,14,21H,1-4H3,(H,22,23). The largest absolute Gasteiger partial charge is 0.493 e. The van der Waals surface area contributed by atoms with Crippen molar-refractivity contribution in [1.82, 2.24) is 5.43 Å². The van der Waals surface area contributed by atoms with Crippen molar-refractivity contribution < 1.29 is 14.3 Å². The Hall–Kier alpha value is -3.02. The highest BCUT2D eigenvalue weighted by molar-refractivity contribution is 5.86. The van der Waals surface area contributed by atoms with Crippen LogP contribution in [-0.4, -0.2) is 32.4 Å². The van der Waals surface area contributed by atoms with Crippen LogP contribution >= 0.6 is 0 Å². The Bertz CT molecular complexity index is 742. The number of ether oxygens (including phenoxy) is 2. The second-order valence-corrected chi connectivity index (χ2v) is 5.58. The van der Waals surface area contributed by atoms with Gasteiger partial charge in [-0.3, -0.25) is 4.79 Å². The van der Waals surface area contributed by atoms with Crippen LogP contribution < -0.4 is 20.2 Å². The predicted molar refractivity (Wildman–Crippen MR) is 99.5 cm³/mol. The number of nitrogens with zero attached hydrogens (tertiary/aromatic N) is 1. The zero-order valence-electron chi connectivity index (χ0n) is 14.9. The molecule has 0 radical (unpaired) electrons. The van der Waals surface area contributed by atoms with Crippen molar-refractivity contribution in [2.45, 2.75) is 19.9 Å². The molecule has 2 N–H and O–H groups in total. The molecule has 0 spiro atoms. The minimum absolute atomic E-state index is 0.225. The van der Waals surface area contributed by atoms with Gasteiger partial charge in [0.25, 0.3) is 5.91 Å². The summed E-state index contributed by atoms with van der Waals surface area (Å²) in [5.41, 5.74) is 5.37. The van der Waals surface area contributed by atoms with Crippen LogP contribution in [0.3, 0.4) is 0 Å². The Labute approximate surface area is 147 Å². The Morgan fingerprint density at radius 1 is 1.08 bits per heavy atom. The monoisotopic (exact) mass is 341 g/mol. The highest BCUT2D eigenvalue weighted by Crippen LogP contribution is 2.26. The van der Waals surface area contributed by atoms with E-state index in [4.69, 9.17) is 9.47 Å². The van der Waals surface area contributed by atoms with Gasteiger partial charge in [0.05, 0.1) is 20.4 Å². The van der Waals surface area contributed by atoms with Crippen LogP contribution in [0.15, 0.2) is 47.6 Å². The number of carbonyl (C=O) groups is 1. The van der Waals surface area contributed by atoms with Gasteiger partial charge in [-0.2, -0.15) is 5.10 Å². The molecule has 0 aliphatic heterocycles. The molecule has 0 saturated carbocycles. The molecule has 0 fully saturated rings.